The molecule has 0 bridgehead atoms. The van der Waals surface area contributed by atoms with Gasteiger partial charge in [0.2, 0.25) is 0 Å². The van der Waals surface area contributed by atoms with E-state index in [1.54, 1.807) is 13.0 Å². The summed E-state index contributed by atoms with van der Waals surface area (Å²) in [5.74, 6) is -0.351. The molecule has 0 aliphatic rings. The molecule has 1 aromatic heterocycles. The second-order valence-corrected chi connectivity index (χ2v) is 5.58. The van der Waals surface area contributed by atoms with Crippen molar-refractivity contribution in [3.8, 4) is 0 Å². The Balaban J connectivity index is 2.11. The minimum Gasteiger partial charge on any atom is -0.345 e. The molecule has 2 aromatic rings. The van der Waals surface area contributed by atoms with Crippen molar-refractivity contribution in [3.05, 3.63) is 62.0 Å². The van der Waals surface area contributed by atoms with Gasteiger partial charge in [0.05, 0.1) is 15.8 Å². The highest BCUT2D eigenvalue weighted by Crippen LogP contribution is 2.26. The van der Waals surface area contributed by atoms with E-state index in [4.69, 9.17) is 11.6 Å². The monoisotopic (exact) mass is 310 g/mol. The lowest BCUT2D eigenvalue weighted by Crippen LogP contribution is -2.26. The molecule has 0 saturated carbocycles. The Hall–Kier alpha value is -1.92. The first-order valence-electron chi connectivity index (χ1n) is 5.78. The number of rotatable bonds is 4. The number of nitro groups is 1. The van der Waals surface area contributed by atoms with Crippen molar-refractivity contribution >= 4 is 33.8 Å². The summed E-state index contributed by atoms with van der Waals surface area (Å²) in [6, 6.07) is 9.69. The van der Waals surface area contributed by atoms with Gasteiger partial charge in [-0.05, 0) is 24.6 Å². The van der Waals surface area contributed by atoms with Gasteiger partial charge in [-0.15, -0.1) is 0 Å². The van der Waals surface area contributed by atoms with Crippen LogP contribution in [0.1, 0.15) is 28.2 Å². The molecule has 0 spiro atoms. The van der Waals surface area contributed by atoms with Gasteiger partial charge in [-0.3, -0.25) is 14.9 Å². The molecular weight excluding hydrogens is 300 g/mol. The molecule has 5 nitrogen and oxygen atoms in total. The summed E-state index contributed by atoms with van der Waals surface area (Å²) < 4.78 is 0. The number of amides is 1. The minimum absolute atomic E-state index is 0.0550. The van der Waals surface area contributed by atoms with E-state index in [2.05, 4.69) is 5.32 Å². The van der Waals surface area contributed by atoms with Crippen LogP contribution >= 0.6 is 22.9 Å². The van der Waals surface area contributed by atoms with Gasteiger partial charge in [0.15, 0.2) is 0 Å². The number of hydrogen-bond acceptors (Lipinski definition) is 4. The molecule has 0 aliphatic carbocycles. The van der Waals surface area contributed by atoms with Crippen LogP contribution in [0.25, 0.3) is 0 Å². The highest BCUT2D eigenvalue weighted by Gasteiger charge is 2.18. The van der Waals surface area contributed by atoms with Crippen molar-refractivity contribution in [3.63, 3.8) is 0 Å². The molecule has 1 unspecified atom stereocenters. The Morgan fingerprint density at radius 2 is 2.05 bits per heavy atom. The topological polar surface area (TPSA) is 72.2 Å². The van der Waals surface area contributed by atoms with Crippen LogP contribution in [0.5, 0.6) is 0 Å². The maximum atomic E-state index is 12.0. The quantitative estimate of drug-likeness (QED) is 0.689. The lowest BCUT2D eigenvalue weighted by atomic mass is 10.1. The first-order chi connectivity index (χ1) is 9.49. The van der Waals surface area contributed by atoms with Crippen LogP contribution in [-0.2, 0) is 0 Å². The SMILES string of the molecule is CC(NC(=O)c1ccc([N+](=O)[O-])s1)c1ccccc1Cl. The highest BCUT2D eigenvalue weighted by molar-refractivity contribution is 7.17. The van der Waals surface area contributed by atoms with Gasteiger partial charge in [-0.2, -0.15) is 0 Å². The Morgan fingerprint density at radius 1 is 1.35 bits per heavy atom. The fourth-order valence-corrected chi connectivity index (χ4v) is 2.74. The molecule has 1 aromatic carbocycles. The number of nitrogens with one attached hydrogen (secondary N) is 1. The predicted octanol–water partition coefficient (Wildman–Crippen LogP) is 3.80. The van der Waals surface area contributed by atoms with E-state index in [0.717, 1.165) is 16.9 Å². The molecular formula is C13H11ClN2O3S. The van der Waals surface area contributed by atoms with E-state index < -0.39 is 4.92 Å². The molecule has 0 aliphatic heterocycles. The maximum Gasteiger partial charge on any atom is 0.324 e. The van der Waals surface area contributed by atoms with Gasteiger partial charge in [0.1, 0.15) is 0 Å². The van der Waals surface area contributed by atoms with Crippen LogP contribution in [0, 0.1) is 10.1 Å². The van der Waals surface area contributed by atoms with E-state index in [1.807, 2.05) is 18.2 Å². The second kappa shape index (κ2) is 6.02. The second-order valence-electron chi connectivity index (χ2n) is 4.11. The van der Waals surface area contributed by atoms with E-state index in [0.29, 0.717) is 9.90 Å². The molecule has 1 N–H and O–H groups in total. The Bertz CT molecular complexity index is 657. The van der Waals surface area contributed by atoms with Gasteiger partial charge in [0, 0.05) is 11.1 Å². The number of hydrogen-bond donors (Lipinski definition) is 1. The number of thiophene rings is 1. The molecule has 0 saturated heterocycles. The van der Waals surface area contributed by atoms with E-state index in [1.165, 1.54) is 12.1 Å². The molecule has 1 atom stereocenters. The van der Waals surface area contributed by atoms with Crippen molar-refractivity contribution in [2.75, 3.05) is 0 Å². The fourth-order valence-electron chi connectivity index (χ4n) is 1.72. The first kappa shape index (κ1) is 14.5. The highest BCUT2D eigenvalue weighted by atomic mass is 35.5. The van der Waals surface area contributed by atoms with E-state index in [-0.39, 0.29) is 17.0 Å². The number of carbonyl (C=O) groups is 1. The summed E-state index contributed by atoms with van der Waals surface area (Å²) in [5, 5.41) is 13.9. The molecule has 104 valence electrons. The van der Waals surface area contributed by atoms with Gasteiger partial charge < -0.3 is 5.32 Å². The zero-order valence-corrected chi connectivity index (χ0v) is 12.1. The van der Waals surface area contributed by atoms with E-state index in [9.17, 15) is 14.9 Å². The largest absolute Gasteiger partial charge is 0.345 e. The molecule has 7 heteroatoms. The average Bonchev–Trinajstić information content (AvgIpc) is 2.88. The number of nitrogens with zero attached hydrogens (tertiary/aromatic N) is 1. The summed E-state index contributed by atoms with van der Waals surface area (Å²) in [7, 11) is 0. The molecule has 2 rings (SSSR count). The third-order valence-corrected chi connectivity index (χ3v) is 4.09. The number of halogens is 1. The van der Waals surface area contributed by atoms with Crippen molar-refractivity contribution < 1.29 is 9.72 Å². The fraction of sp³-hybridized carbons (Fsp3) is 0.154. The average molecular weight is 311 g/mol. The summed E-state index contributed by atoms with van der Waals surface area (Å²) >= 11 is 6.90. The van der Waals surface area contributed by atoms with Crippen LogP contribution in [0.4, 0.5) is 5.00 Å². The molecule has 20 heavy (non-hydrogen) atoms. The smallest absolute Gasteiger partial charge is 0.324 e. The van der Waals surface area contributed by atoms with Gasteiger partial charge in [-0.25, -0.2) is 0 Å². The zero-order valence-electron chi connectivity index (χ0n) is 10.5. The summed E-state index contributed by atoms with van der Waals surface area (Å²) in [6.07, 6.45) is 0. The van der Waals surface area contributed by atoms with Gasteiger partial charge in [0.25, 0.3) is 5.91 Å². The van der Waals surface area contributed by atoms with Crippen molar-refractivity contribution in [1.82, 2.24) is 5.32 Å². The van der Waals surface area contributed by atoms with Crippen LogP contribution < -0.4 is 5.32 Å². The first-order valence-corrected chi connectivity index (χ1v) is 6.98. The lowest BCUT2D eigenvalue weighted by molar-refractivity contribution is -0.380. The summed E-state index contributed by atoms with van der Waals surface area (Å²) in [4.78, 5) is 22.4. The molecule has 1 amide bonds. The third-order valence-electron chi connectivity index (χ3n) is 2.71. The summed E-state index contributed by atoms with van der Waals surface area (Å²) in [5.41, 5.74) is 0.800. The Morgan fingerprint density at radius 3 is 2.65 bits per heavy atom. The number of benzene rings is 1. The van der Waals surface area contributed by atoms with Crippen LogP contribution in [-0.4, -0.2) is 10.8 Å². The van der Waals surface area contributed by atoms with Gasteiger partial charge >= 0.3 is 5.00 Å². The number of carbonyl (C=O) groups excluding carboxylic acids is 1. The van der Waals surface area contributed by atoms with Crippen molar-refractivity contribution in [1.29, 1.82) is 0 Å². The Kier molecular flexibility index (Phi) is 4.36. The standard InChI is InChI=1S/C13H11ClN2O3S/c1-8(9-4-2-3-5-10(9)14)15-13(17)11-6-7-12(20-11)16(18)19/h2-8H,1H3,(H,15,17). The lowest BCUT2D eigenvalue weighted by Gasteiger charge is -2.14. The van der Waals surface area contributed by atoms with E-state index >= 15 is 0 Å². The maximum absolute atomic E-state index is 12.0. The molecule has 1 heterocycles. The van der Waals surface area contributed by atoms with Gasteiger partial charge in [-0.1, -0.05) is 41.1 Å². The van der Waals surface area contributed by atoms with Crippen LogP contribution in [0.2, 0.25) is 5.02 Å². The zero-order chi connectivity index (χ0) is 14.7. The van der Waals surface area contributed by atoms with Crippen LogP contribution in [0.3, 0.4) is 0 Å². The predicted molar refractivity (Wildman–Crippen MR) is 78.3 cm³/mol. The van der Waals surface area contributed by atoms with Crippen LogP contribution in [0.15, 0.2) is 36.4 Å². The molecule has 0 radical (unpaired) electrons. The van der Waals surface area contributed by atoms with Crippen molar-refractivity contribution in [2.24, 2.45) is 0 Å². The van der Waals surface area contributed by atoms with Crippen molar-refractivity contribution in [2.45, 2.75) is 13.0 Å². The third kappa shape index (κ3) is 3.15. The normalized spacial score (nSPS) is 11.9. The molecule has 0 fully saturated rings. The summed E-state index contributed by atoms with van der Waals surface area (Å²) in [6.45, 7) is 1.81. The Labute approximate surface area is 124 Å². The minimum atomic E-state index is -0.515.